The van der Waals surface area contributed by atoms with E-state index >= 15 is 0 Å². The minimum Gasteiger partial charge on any atom is -0.382 e. The van der Waals surface area contributed by atoms with Crippen LogP contribution in [0.1, 0.15) is 44.4 Å². The standard InChI is InChI=1S/C15H26N4O2/c1-11-16-17-14(19(11)12-5-6-12)8-18-7-13(9-20-4)21-15(2,3)10-18/h12-13H,5-10H2,1-4H3/t13-/m1/s1. The molecule has 6 heteroatoms. The molecule has 1 aromatic rings. The van der Waals surface area contributed by atoms with Crippen LogP contribution in [0.2, 0.25) is 0 Å². The molecule has 1 saturated heterocycles. The lowest BCUT2D eigenvalue weighted by molar-refractivity contribution is -0.154. The quantitative estimate of drug-likeness (QED) is 0.824. The van der Waals surface area contributed by atoms with E-state index in [9.17, 15) is 0 Å². The zero-order valence-corrected chi connectivity index (χ0v) is 13.5. The van der Waals surface area contributed by atoms with E-state index in [0.29, 0.717) is 12.6 Å². The van der Waals surface area contributed by atoms with Gasteiger partial charge in [-0.25, -0.2) is 0 Å². The lowest BCUT2D eigenvalue weighted by atomic mass is 10.1. The molecular weight excluding hydrogens is 268 g/mol. The molecular formula is C15H26N4O2. The van der Waals surface area contributed by atoms with Gasteiger partial charge in [0.15, 0.2) is 0 Å². The minimum absolute atomic E-state index is 0.122. The fraction of sp³-hybridized carbons (Fsp3) is 0.867. The highest BCUT2D eigenvalue weighted by atomic mass is 16.5. The molecule has 1 aromatic heterocycles. The molecule has 118 valence electrons. The Labute approximate surface area is 126 Å². The maximum Gasteiger partial charge on any atom is 0.147 e. The Morgan fingerprint density at radius 3 is 2.76 bits per heavy atom. The van der Waals surface area contributed by atoms with Crippen molar-refractivity contribution in [1.29, 1.82) is 0 Å². The first-order valence-electron chi connectivity index (χ1n) is 7.78. The molecule has 2 heterocycles. The van der Waals surface area contributed by atoms with E-state index in [1.165, 1.54) is 12.8 Å². The average molecular weight is 294 g/mol. The van der Waals surface area contributed by atoms with Crippen molar-refractivity contribution in [3.63, 3.8) is 0 Å². The van der Waals surface area contributed by atoms with Crippen LogP contribution in [0.25, 0.3) is 0 Å². The van der Waals surface area contributed by atoms with Crippen molar-refractivity contribution >= 4 is 0 Å². The Morgan fingerprint density at radius 1 is 1.33 bits per heavy atom. The van der Waals surface area contributed by atoms with Gasteiger partial charge in [-0.3, -0.25) is 4.90 Å². The molecule has 1 saturated carbocycles. The molecule has 21 heavy (non-hydrogen) atoms. The largest absolute Gasteiger partial charge is 0.382 e. The third kappa shape index (κ3) is 3.44. The van der Waals surface area contributed by atoms with Gasteiger partial charge in [-0.1, -0.05) is 0 Å². The number of morpholine rings is 1. The highest BCUT2D eigenvalue weighted by molar-refractivity contribution is 5.02. The van der Waals surface area contributed by atoms with Crippen LogP contribution >= 0.6 is 0 Å². The number of rotatable bonds is 5. The summed E-state index contributed by atoms with van der Waals surface area (Å²) in [5, 5.41) is 8.65. The first-order valence-corrected chi connectivity index (χ1v) is 7.78. The molecule has 1 aliphatic heterocycles. The molecule has 2 fully saturated rings. The first-order chi connectivity index (χ1) is 9.98. The third-order valence-electron chi connectivity index (χ3n) is 4.12. The van der Waals surface area contributed by atoms with E-state index in [4.69, 9.17) is 9.47 Å². The molecule has 0 radical (unpaired) electrons. The molecule has 2 aliphatic rings. The van der Waals surface area contributed by atoms with Gasteiger partial charge >= 0.3 is 0 Å². The van der Waals surface area contributed by atoms with Gasteiger partial charge < -0.3 is 14.0 Å². The van der Waals surface area contributed by atoms with E-state index in [2.05, 4.69) is 33.5 Å². The van der Waals surface area contributed by atoms with Gasteiger partial charge in [0.1, 0.15) is 11.6 Å². The smallest absolute Gasteiger partial charge is 0.147 e. The molecule has 1 atom stereocenters. The van der Waals surface area contributed by atoms with E-state index in [0.717, 1.165) is 31.3 Å². The SMILES string of the molecule is COC[C@H]1CN(Cc2nnc(C)n2C2CC2)CC(C)(C)O1. The Kier molecular flexibility index (Phi) is 4.03. The summed E-state index contributed by atoms with van der Waals surface area (Å²) < 4.78 is 13.6. The van der Waals surface area contributed by atoms with Crippen molar-refractivity contribution in [2.24, 2.45) is 0 Å². The number of hydrogen-bond acceptors (Lipinski definition) is 5. The molecule has 0 amide bonds. The molecule has 0 aromatic carbocycles. The van der Waals surface area contributed by atoms with Crippen molar-refractivity contribution < 1.29 is 9.47 Å². The second-order valence-corrected chi connectivity index (χ2v) is 6.89. The molecule has 0 unspecified atom stereocenters. The van der Waals surface area contributed by atoms with Gasteiger partial charge in [-0.05, 0) is 33.6 Å². The maximum atomic E-state index is 6.07. The Hall–Kier alpha value is -0.980. The van der Waals surface area contributed by atoms with Crippen LogP contribution in [0.4, 0.5) is 0 Å². The predicted molar refractivity (Wildman–Crippen MR) is 79.1 cm³/mol. The topological polar surface area (TPSA) is 52.4 Å². The van der Waals surface area contributed by atoms with Gasteiger partial charge in [-0.15, -0.1) is 10.2 Å². The van der Waals surface area contributed by atoms with E-state index in [1.54, 1.807) is 7.11 Å². The summed E-state index contributed by atoms with van der Waals surface area (Å²) >= 11 is 0. The summed E-state index contributed by atoms with van der Waals surface area (Å²) in [5.41, 5.74) is -0.152. The van der Waals surface area contributed by atoms with Crippen molar-refractivity contribution in [3.8, 4) is 0 Å². The van der Waals surface area contributed by atoms with Crippen LogP contribution in [0, 0.1) is 6.92 Å². The monoisotopic (exact) mass is 294 g/mol. The number of ether oxygens (including phenoxy) is 2. The molecule has 6 nitrogen and oxygen atoms in total. The van der Waals surface area contributed by atoms with Gasteiger partial charge in [0.2, 0.25) is 0 Å². The van der Waals surface area contributed by atoms with Crippen LogP contribution in [0.5, 0.6) is 0 Å². The number of nitrogens with zero attached hydrogens (tertiary/aromatic N) is 4. The third-order valence-corrected chi connectivity index (χ3v) is 4.12. The summed E-state index contributed by atoms with van der Waals surface area (Å²) in [5.74, 6) is 2.12. The molecule has 0 N–H and O–H groups in total. The van der Waals surface area contributed by atoms with Gasteiger partial charge in [-0.2, -0.15) is 0 Å². The lowest BCUT2D eigenvalue weighted by Crippen LogP contribution is -2.53. The van der Waals surface area contributed by atoms with E-state index < -0.39 is 0 Å². The molecule has 3 rings (SSSR count). The average Bonchev–Trinajstić information content (AvgIpc) is 3.14. The van der Waals surface area contributed by atoms with Crippen molar-refractivity contribution in [2.45, 2.75) is 57.9 Å². The Bertz CT molecular complexity index is 496. The van der Waals surface area contributed by atoms with Crippen molar-refractivity contribution in [2.75, 3.05) is 26.8 Å². The molecule has 0 bridgehead atoms. The van der Waals surface area contributed by atoms with Crippen molar-refractivity contribution in [3.05, 3.63) is 11.6 Å². The Balaban J connectivity index is 1.71. The van der Waals surface area contributed by atoms with Gasteiger partial charge in [0.05, 0.1) is 24.9 Å². The highest BCUT2D eigenvalue weighted by Crippen LogP contribution is 2.36. The number of hydrogen-bond donors (Lipinski definition) is 0. The van der Waals surface area contributed by atoms with Crippen LogP contribution in [0.15, 0.2) is 0 Å². The minimum atomic E-state index is -0.152. The summed E-state index contributed by atoms with van der Waals surface area (Å²) in [4.78, 5) is 2.41. The number of aryl methyl sites for hydroxylation is 1. The van der Waals surface area contributed by atoms with Gasteiger partial charge in [0, 0.05) is 26.2 Å². The van der Waals surface area contributed by atoms with Crippen LogP contribution < -0.4 is 0 Å². The first kappa shape index (κ1) is 14.9. The van der Waals surface area contributed by atoms with E-state index in [-0.39, 0.29) is 11.7 Å². The summed E-state index contributed by atoms with van der Waals surface area (Å²) in [6, 6.07) is 0.624. The fourth-order valence-electron chi connectivity index (χ4n) is 3.34. The van der Waals surface area contributed by atoms with E-state index in [1.807, 2.05) is 6.92 Å². The second kappa shape index (κ2) is 5.66. The van der Waals surface area contributed by atoms with Crippen molar-refractivity contribution in [1.82, 2.24) is 19.7 Å². The second-order valence-electron chi connectivity index (χ2n) is 6.89. The fourth-order valence-corrected chi connectivity index (χ4v) is 3.34. The Morgan fingerprint density at radius 2 is 2.10 bits per heavy atom. The number of aromatic nitrogens is 3. The van der Waals surface area contributed by atoms with Gasteiger partial charge in [0.25, 0.3) is 0 Å². The van der Waals surface area contributed by atoms with Crippen LogP contribution in [0.3, 0.4) is 0 Å². The zero-order valence-electron chi connectivity index (χ0n) is 13.5. The normalized spacial score (nSPS) is 26.2. The van der Waals surface area contributed by atoms with Crippen LogP contribution in [-0.4, -0.2) is 58.2 Å². The lowest BCUT2D eigenvalue weighted by Gasteiger charge is -2.42. The summed E-state index contributed by atoms with van der Waals surface area (Å²) in [6.45, 7) is 9.58. The summed E-state index contributed by atoms with van der Waals surface area (Å²) in [6.07, 6.45) is 2.64. The molecule has 0 spiro atoms. The maximum absolute atomic E-state index is 6.07. The predicted octanol–water partition coefficient (Wildman–Crippen LogP) is 1.55. The summed E-state index contributed by atoms with van der Waals surface area (Å²) in [7, 11) is 1.72. The molecule has 1 aliphatic carbocycles. The zero-order chi connectivity index (χ0) is 15.0. The number of methoxy groups -OCH3 is 1. The van der Waals surface area contributed by atoms with Crippen LogP contribution in [-0.2, 0) is 16.0 Å². The highest BCUT2D eigenvalue weighted by Gasteiger charge is 2.35.